The van der Waals surface area contributed by atoms with Crippen molar-refractivity contribution < 1.29 is 0 Å². The van der Waals surface area contributed by atoms with Crippen molar-refractivity contribution in [1.29, 1.82) is 0 Å². The quantitative estimate of drug-likeness (QED) is 0.565. The maximum absolute atomic E-state index is 3.93. The predicted molar refractivity (Wildman–Crippen MR) is 45.4 cm³/mol. The van der Waals surface area contributed by atoms with Crippen molar-refractivity contribution >= 4 is 11.0 Å². The largest absolute Gasteiger partial charge is 0.257 e. The fourth-order valence-corrected chi connectivity index (χ4v) is 1.27. The molecule has 2 aromatic heterocycles. The summed E-state index contributed by atoms with van der Waals surface area (Å²) < 4.78 is 1.42. The second-order valence-electron chi connectivity index (χ2n) is 2.68. The summed E-state index contributed by atoms with van der Waals surface area (Å²) in [6.45, 7) is 0. The summed E-state index contributed by atoms with van der Waals surface area (Å²) in [6, 6.07) is 5.59. The standard InChI is InChI=1S/C7H4N7/c1-2-5-7(10-12-9-5)6(3-1)14-4-8-11-13-14/h1-3H,(H,9,10,12). The van der Waals surface area contributed by atoms with Gasteiger partial charge >= 0.3 is 0 Å². The van der Waals surface area contributed by atoms with E-state index in [0.717, 1.165) is 16.7 Å². The second kappa shape index (κ2) is 2.59. The van der Waals surface area contributed by atoms with Gasteiger partial charge in [-0.15, -0.1) is 10.2 Å². The van der Waals surface area contributed by atoms with Crippen molar-refractivity contribution in [3.8, 4) is 5.69 Å². The van der Waals surface area contributed by atoms with Crippen LogP contribution in [0.3, 0.4) is 0 Å². The number of benzene rings is 1. The smallest absolute Gasteiger partial charge is 0.226 e. The molecule has 0 fully saturated rings. The lowest BCUT2D eigenvalue weighted by molar-refractivity contribution is 0.789. The van der Waals surface area contributed by atoms with E-state index in [1.54, 1.807) is 0 Å². The van der Waals surface area contributed by atoms with Crippen LogP contribution in [0.25, 0.3) is 16.7 Å². The number of hydrogen-bond donors (Lipinski definition) is 1. The molecule has 7 nitrogen and oxygen atoms in total. The first kappa shape index (κ1) is 7.13. The molecular formula is C7H4N7. The van der Waals surface area contributed by atoms with Crippen LogP contribution in [0, 0.1) is 6.33 Å². The van der Waals surface area contributed by atoms with E-state index in [0.29, 0.717) is 0 Å². The van der Waals surface area contributed by atoms with Gasteiger partial charge in [0.15, 0.2) is 0 Å². The third kappa shape index (κ3) is 0.889. The molecule has 0 amide bonds. The van der Waals surface area contributed by atoms with Crippen LogP contribution in [0.5, 0.6) is 0 Å². The van der Waals surface area contributed by atoms with E-state index in [2.05, 4.69) is 37.3 Å². The van der Waals surface area contributed by atoms with Crippen LogP contribution in [-0.4, -0.2) is 35.6 Å². The summed E-state index contributed by atoms with van der Waals surface area (Å²) >= 11 is 0. The number of nitrogens with one attached hydrogen (secondary N) is 1. The van der Waals surface area contributed by atoms with Gasteiger partial charge in [-0.05, 0) is 22.6 Å². The number of tetrazole rings is 1. The second-order valence-corrected chi connectivity index (χ2v) is 2.68. The minimum Gasteiger partial charge on any atom is -0.257 e. The van der Waals surface area contributed by atoms with E-state index in [4.69, 9.17) is 0 Å². The Kier molecular flexibility index (Phi) is 1.32. The van der Waals surface area contributed by atoms with E-state index >= 15 is 0 Å². The van der Waals surface area contributed by atoms with Crippen LogP contribution in [0.15, 0.2) is 18.2 Å². The zero-order chi connectivity index (χ0) is 9.38. The molecule has 2 heterocycles. The van der Waals surface area contributed by atoms with Crippen molar-refractivity contribution in [2.45, 2.75) is 0 Å². The fourth-order valence-electron chi connectivity index (χ4n) is 1.27. The van der Waals surface area contributed by atoms with Crippen LogP contribution in [0.1, 0.15) is 0 Å². The third-order valence-corrected chi connectivity index (χ3v) is 1.88. The van der Waals surface area contributed by atoms with Crippen molar-refractivity contribution in [2.24, 2.45) is 0 Å². The average Bonchev–Trinajstić information content (AvgIpc) is 2.88. The molecule has 0 aliphatic heterocycles. The Morgan fingerprint density at radius 1 is 1.36 bits per heavy atom. The average molecular weight is 186 g/mol. The summed E-state index contributed by atoms with van der Waals surface area (Å²) in [6.07, 6.45) is 2.60. The first-order chi connectivity index (χ1) is 6.95. The Bertz CT molecular complexity index is 552. The van der Waals surface area contributed by atoms with E-state index in [-0.39, 0.29) is 0 Å². The maximum atomic E-state index is 3.93. The summed E-state index contributed by atoms with van der Waals surface area (Å²) in [5.74, 6) is 0. The lowest BCUT2D eigenvalue weighted by Crippen LogP contribution is -1.96. The first-order valence-electron chi connectivity index (χ1n) is 3.91. The maximum Gasteiger partial charge on any atom is 0.226 e. The van der Waals surface area contributed by atoms with E-state index < -0.39 is 0 Å². The molecule has 1 aromatic carbocycles. The number of nitrogens with zero attached hydrogens (tertiary/aromatic N) is 6. The lowest BCUT2D eigenvalue weighted by Gasteiger charge is -1.96. The Hall–Kier alpha value is -2.31. The molecule has 14 heavy (non-hydrogen) atoms. The van der Waals surface area contributed by atoms with Gasteiger partial charge in [0.2, 0.25) is 6.33 Å². The van der Waals surface area contributed by atoms with Crippen molar-refractivity contribution in [3.05, 3.63) is 24.5 Å². The zero-order valence-corrected chi connectivity index (χ0v) is 6.92. The molecule has 0 spiro atoms. The van der Waals surface area contributed by atoms with Gasteiger partial charge in [-0.1, -0.05) is 11.3 Å². The van der Waals surface area contributed by atoms with Crippen LogP contribution >= 0.6 is 0 Å². The highest BCUT2D eigenvalue weighted by Gasteiger charge is 2.06. The number of rotatable bonds is 1. The number of aromatic amines is 1. The van der Waals surface area contributed by atoms with Crippen LogP contribution in [0.2, 0.25) is 0 Å². The predicted octanol–water partition coefficient (Wildman–Crippen LogP) is -0.266. The number of fused-ring (bicyclic) bond motifs is 1. The van der Waals surface area contributed by atoms with Gasteiger partial charge < -0.3 is 0 Å². The minimum absolute atomic E-state index is 0.719. The molecule has 0 saturated carbocycles. The zero-order valence-electron chi connectivity index (χ0n) is 6.92. The molecule has 0 bridgehead atoms. The molecule has 7 heteroatoms. The highest BCUT2D eigenvalue weighted by Crippen LogP contribution is 2.15. The van der Waals surface area contributed by atoms with Gasteiger partial charge in [0, 0.05) is 0 Å². The molecule has 67 valence electrons. The normalized spacial score (nSPS) is 10.9. The van der Waals surface area contributed by atoms with Crippen LogP contribution in [-0.2, 0) is 0 Å². The minimum atomic E-state index is 0.719. The molecule has 0 unspecified atom stereocenters. The van der Waals surface area contributed by atoms with Crippen LogP contribution in [0.4, 0.5) is 0 Å². The molecule has 0 atom stereocenters. The molecule has 0 saturated heterocycles. The Morgan fingerprint density at radius 3 is 3.21 bits per heavy atom. The molecule has 0 aliphatic rings. The van der Waals surface area contributed by atoms with Gasteiger partial charge in [0.25, 0.3) is 0 Å². The molecule has 3 rings (SSSR count). The summed E-state index contributed by atoms with van der Waals surface area (Å²) in [7, 11) is 0. The summed E-state index contributed by atoms with van der Waals surface area (Å²) in [5.41, 5.74) is 2.31. The highest BCUT2D eigenvalue weighted by atomic mass is 15.5. The van der Waals surface area contributed by atoms with Crippen LogP contribution < -0.4 is 0 Å². The van der Waals surface area contributed by atoms with Crippen molar-refractivity contribution in [3.63, 3.8) is 0 Å². The molecule has 1 N–H and O–H groups in total. The first-order valence-corrected chi connectivity index (χ1v) is 3.91. The highest BCUT2D eigenvalue weighted by molar-refractivity contribution is 5.82. The summed E-state index contributed by atoms with van der Waals surface area (Å²) in [5, 5.41) is 21.1. The SMILES string of the molecule is [c]1nnnn1-c1cccc2[nH]nnc12. The monoisotopic (exact) mass is 186 g/mol. The molecule has 0 aliphatic carbocycles. The number of H-pyrrole nitrogens is 1. The van der Waals surface area contributed by atoms with E-state index in [1.807, 2.05) is 18.2 Å². The molecule has 1 radical (unpaired) electrons. The molecule has 3 aromatic rings. The van der Waals surface area contributed by atoms with Gasteiger partial charge in [-0.2, -0.15) is 4.68 Å². The number of aromatic nitrogens is 7. The van der Waals surface area contributed by atoms with Gasteiger partial charge in [-0.3, -0.25) is 5.10 Å². The van der Waals surface area contributed by atoms with Crippen molar-refractivity contribution in [2.75, 3.05) is 0 Å². The van der Waals surface area contributed by atoms with E-state index in [9.17, 15) is 0 Å². The lowest BCUT2D eigenvalue weighted by atomic mass is 10.3. The molecular weight excluding hydrogens is 182 g/mol. The van der Waals surface area contributed by atoms with Gasteiger partial charge in [0.05, 0.1) is 11.2 Å². The van der Waals surface area contributed by atoms with Gasteiger partial charge in [-0.25, -0.2) is 0 Å². The summed E-state index contributed by atoms with van der Waals surface area (Å²) in [4.78, 5) is 0. The van der Waals surface area contributed by atoms with Crippen molar-refractivity contribution in [1.82, 2.24) is 35.6 Å². The topological polar surface area (TPSA) is 85.2 Å². The van der Waals surface area contributed by atoms with Gasteiger partial charge in [0.1, 0.15) is 5.52 Å². The Labute approximate surface area is 77.7 Å². The third-order valence-electron chi connectivity index (χ3n) is 1.88. The Balaban J connectivity index is 2.36. The number of hydrogen-bond acceptors (Lipinski definition) is 5. The fraction of sp³-hybridized carbons (Fsp3) is 0. The Morgan fingerprint density at radius 2 is 2.36 bits per heavy atom. The van der Waals surface area contributed by atoms with E-state index in [1.165, 1.54) is 4.68 Å².